The highest BCUT2D eigenvalue weighted by molar-refractivity contribution is 6.00. The SMILES string of the molecule is CNc1c(F)cccc1C(=O)NC1CCC(=O)NC1. The zero-order valence-electron chi connectivity index (χ0n) is 10.6. The minimum Gasteiger partial charge on any atom is -0.385 e. The maximum Gasteiger partial charge on any atom is 0.253 e. The van der Waals surface area contributed by atoms with Crippen molar-refractivity contribution >= 4 is 17.5 Å². The third-order valence-corrected chi connectivity index (χ3v) is 3.11. The van der Waals surface area contributed by atoms with Crippen LogP contribution in [0, 0.1) is 5.82 Å². The summed E-state index contributed by atoms with van der Waals surface area (Å²) >= 11 is 0. The average molecular weight is 265 g/mol. The number of rotatable bonds is 3. The van der Waals surface area contributed by atoms with Crippen LogP contribution in [0.3, 0.4) is 0 Å². The lowest BCUT2D eigenvalue weighted by Gasteiger charge is -2.24. The number of hydrogen-bond donors (Lipinski definition) is 3. The molecule has 1 fully saturated rings. The van der Waals surface area contributed by atoms with E-state index in [2.05, 4.69) is 16.0 Å². The maximum absolute atomic E-state index is 13.5. The molecule has 2 rings (SSSR count). The molecule has 1 saturated heterocycles. The molecule has 0 aromatic heterocycles. The van der Waals surface area contributed by atoms with E-state index in [1.165, 1.54) is 12.1 Å². The standard InChI is InChI=1S/C13H16FN3O2/c1-15-12-9(3-2-4-10(12)14)13(19)17-8-5-6-11(18)16-7-8/h2-4,8,15H,5-7H2,1H3,(H,16,18)(H,17,19). The van der Waals surface area contributed by atoms with E-state index in [4.69, 9.17) is 0 Å². The quantitative estimate of drug-likeness (QED) is 0.759. The Morgan fingerprint density at radius 3 is 2.89 bits per heavy atom. The first kappa shape index (κ1) is 13.3. The Morgan fingerprint density at radius 2 is 2.26 bits per heavy atom. The number of benzene rings is 1. The summed E-state index contributed by atoms with van der Waals surface area (Å²) in [6.45, 7) is 0.411. The van der Waals surface area contributed by atoms with Gasteiger partial charge in [-0.25, -0.2) is 4.39 Å². The third kappa shape index (κ3) is 3.01. The second-order valence-electron chi connectivity index (χ2n) is 4.43. The Labute approximate surface area is 110 Å². The Morgan fingerprint density at radius 1 is 1.47 bits per heavy atom. The highest BCUT2D eigenvalue weighted by Gasteiger charge is 2.21. The van der Waals surface area contributed by atoms with Crippen molar-refractivity contribution in [3.63, 3.8) is 0 Å². The molecule has 1 unspecified atom stereocenters. The van der Waals surface area contributed by atoms with Crippen molar-refractivity contribution in [2.24, 2.45) is 0 Å². The number of amides is 2. The molecule has 5 nitrogen and oxygen atoms in total. The minimum absolute atomic E-state index is 0.00725. The summed E-state index contributed by atoms with van der Waals surface area (Å²) in [5, 5.41) is 8.17. The van der Waals surface area contributed by atoms with E-state index in [1.54, 1.807) is 13.1 Å². The lowest BCUT2D eigenvalue weighted by atomic mass is 10.1. The molecule has 6 heteroatoms. The highest BCUT2D eigenvalue weighted by atomic mass is 19.1. The number of para-hydroxylation sites is 1. The van der Waals surface area contributed by atoms with E-state index in [0.717, 1.165) is 0 Å². The summed E-state index contributed by atoms with van der Waals surface area (Å²) in [5.41, 5.74) is 0.444. The molecule has 0 spiro atoms. The van der Waals surface area contributed by atoms with Crippen LogP contribution in [0.15, 0.2) is 18.2 Å². The first-order valence-electron chi connectivity index (χ1n) is 6.15. The van der Waals surface area contributed by atoms with Crippen molar-refractivity contribution in [2.45, 2.75) is 18.9 Å². The fourth-order valence-electron chi connectivity index (χ4n) is 2.09. The van der Waals surface area contributed by atoms with Gasteiger partial charge in [-0.2, -0.15) is 0 Å². The van der Waals surface area contributed by atoms with Crippen molar-refractivity contribution in [2.75, 3.05) is 18.9 Å². The molecule has 1 aromatic carbocycles. The number of anilines is 1. The predicted molar refractivity (Wildman–Crippen MR) is 69.4 cm³/mol. The van der Waals surface area contributed by atoms with Crippen LogP contribution >= 0.6 is 0 Å². The summed E-state index contributed by atoms with van der Waals surface area (Å²) in [5.74, 6) is -0.815. The molecule has 2 amide bonds. The van der Waals surface area contributed by atoms with Gasteiger partial charge in [0.2, 0.25) is 5.91 Å². The van der Waals surface area contributed by atoms with Crippen molar-refractivity contribution in [1.29, 1.82) is 0 Å². The number of carbonyl (C=O) groups excluding carboxylic acids is 2. The molecule has 102 valence electrons. The zero-order valence-corrected chi connectivity index (χ0v) is 10.6. The Bertz CT molecular complexity index is 495. The van der Waals surface area contributed by atoms with Gasteiger partial charge in [-0.05, 0) is 18.6 Å². The zero-order chi connectivity index (χ0) is 13.8. The maximum atomic E-state index is 13.5. The molecule has 1 aliphatic rings. The molecule has 0 bridgehead atoms. The van der Waals surface area contributed by atoms with Crippen LogP contribution in [-0.2, 0) is 4.79 Å². The van der Waals surface area contributed by atoms with Gasteiger partial charge in [0.05, 0.1) is 11.3 Å². The van der Waals surface area contributed by atoms with Crippen LogP contribution in [0.5, 0.6) is 0 Å². The molecule has 1 atom stereocenters. The summed E-state index contributed by atoms with van der Waals surface area (Å²) in [7, 11) is 1.57. The van der Waals surface area contributed by atoms with Crippen LogP contribution in [0.1, 0.15) is 23.2 Å². The van der Waals surface area contributed by atoms with Crippen LogP contribution in [-0.4, -0.2) is 31.4 Å². The van der Waals surface area contributed by atoms with Crippen LogP contribution in [0.4, 0.5) is 10.1 Å². The van der Waals surface area contributed by atoms with Crippen LogP contribution in [0.2, 0.25) is 0 Å². The molecular weight excluding hydrogens is 249 g/mol. The fourth-order valence-corrected chi connectivity index (χ4v) is 2.09. The highest BCUT2D eigenvalue weighted by Crippen LogP contribution is 2.19. The summed E-state index contributed by atoms with van der Waals surface area (Å²) in [6.07, 6.45) is 0.995. The molecule has 19 heavy (non-hydrogen) atoms. The lowest BCUT2D eigenvalue weighted by molar-refractivity contribution is -0.122. The van der Waals surface area contributed by atoms with Gasteiger partial charge in [0, 0.05) is 26.1 Å². The number of halogens is 1. The Hall–Kier alpha value is -2.11. The van der Waals surface area contributed by atoms with E-state index in [0.29, 0.717) is 19.4 Å². The fraction of sp³-hybridized carbons (Fsp3) is 0.385. The number of carbonyl (C=O) groups is 2. The van der Waals surface area contributed by atoms with E-state index in [-0.39, 0.29) is 29.1 Å². The largest absolute Gasteiger partial charge is 0.385 e. The minimum atomic E-state index is -0.466. The van der Waals surface area contributed by atoms with Gasteiger partial charge in [-0.1, -0.05) is 6.07 Å². The summed E-state index contributed by atoms with van der Waals surface area (Å²) < 4.78 is 13.5. The van der Waals surface area contributed by atoms with Gasteiger partial charge in [0.25, 0.3) is 5.91 Å². The molecule has 1 heterocycles. The Kier molecular flexibility index (Phi) is 3.99. The topological polar surface area (TPSA) is 70.2 Å². The molecule has 1 aliphatic heterocycles. The number of nitrogens with one attached hydrogen (secondary N) is 3. The van der Waals surface area contributed by atoms with E-state index >= 15 is 0 Å². The van der Waals surface area contributed by atoms with E-state index in [9.17, 15) is 14.0 Å². The number of piperidine rings is 1. The lowest BCUT2D eigenvalue weighted by Crippen LogP contribution is -2.47. The van der Waals surface area contributed by atoms with Gasteiger partial charge in [0.15, 0.2) is 0 Å². The van der Waals surface area contributed by atoms with E-state index in [1.807, 2.05) is 0 Å². The van der Waals surface area contributed by atoms with Gasteiger partial charge in [-0.3, -0.25) is 9.59 Å². The van der Waals surface area contributed by atoms with Crippen molar-refractivity contribution in [1.82, 2.24) is 10.6 Å². The smallest absolute Gasteiger partial charge is 0.253 e. The van der Waals surface area contributed by atoms with Crippen molar-refractivity contribution in [3.8, 4) is 0 Å². The number of hydrogen-bond acceptors (Lipinski definition) is 3. The van der Waals surface area contributed by atoms with Gasteiger partial charge >= 0.3 is 0 Å². The van der Waals surface area contributed by atoms with Gasteiger partial charge in [-0.15, -0.1) is 0 Å². The summed E-state index contributed by atoms with van der Waals surface area (Å²) in [4.78, 5) is 23.1. The van der Waals surface area contributed by atoms with E-state index < -0.39 is 5.82 Å². The molecule has 3 N–H and O–H groups in total. The van der Waals surface area contributed by atoms with Gasteiger partial charge < -0.3 is 16.0 Å². The first-order chi connectivity index (χ1) is 9.11. The summed E-state index contributed by atoms with van der Waals surface area (Å²) in [6, 6.07) is 4.24. The van der Waals surface area contributed by atoms with Crippen LogP contribution in [0.25, 0.3) is 0 Å². The normalized spacial score (nSPS) is 18.6. The predicted octanol–water partition coefficient (Wildman–Crippen LogP) is 0.876. The molecule has 0 radical (unpaired) electrons. The molecule has 1 aromatic rings. The van der Waals surface area contributed by atoms with Crippen LogP contribution < -0.4 is 16.0 Å². The van der Waals surface area contributed by atoms with Gasteiger partial charge in [0.1, 0.15) is 5.82 Å². The molecular formula is C13H16FN3O2. The third-order valence-electron chi connectivity index (χ3n) is 3.11. The second kappa shape index (κ2) is 5.69. The van der Waals surface area contributed by atoms with Crippen molar-refractivity contribution < 1.29 is 14.0 Å². The monoisotopic (exact) mass is 265 g/mol. The average Bonchev–Trinajstić information content (AvgIpc) is 2.41. The second-order valence-corrected chi connectivity index (χ2v) is 4.43. The molecule has 0 aliphatic carbocycles. The first-order valence-corrected chi connectivity index (χ1v) is 6.15. The van der Waals surface area contributed by atoms with Crippen molar-refractivity contribution in [3.05, 3.63) is 29.6 Å². The molecule has 0 saturated carbocycles. The Balaban J connectivity index is 2.08.